The van der Waals surface area contributed by atoms with Crippen LogP contribution in [0, 0.1) is 5.41 Å². The Bertz CT molecular complexity index is 197. The highest BCUT2D eigenvalue weighted by atomic mass is 16.3. The molecule has 2 N–H and O–H groups in total. The molecular formula is C9H15NO2. The van der Waals surface area contributed by atoms with Gasteiger partial charge in [-0.15, -0.1) is 0 Å². The first-order valence-electron chi connectivity index (χ1n) is 4.67. The van der Waals surface area contributed by atoms with Crippen LogP contribution >= 0.6 is 0 Å². The number of nitrogens with one attached hydrogen (secondary N) is 1. The summed E-state index contributed by atoms with van der Waals surface area (Å²) >= 11 is 0. The van der Waals surface area contributed by atoms with Gasteiger partial charge in [0.05, 0.1) is 0 Å². The first-order chi connectivity index (χ1) is 5.77. The molecule has 0 aromatic rings. The maximum Gasteiger partial charge on any atom is 0.245 e. The predicted octanol–water partition coefficient (Wildman–Crippen LogP) is 0.428. The lowest BCUT2D eigenvalue weighted by Gasteiger charge is -2.08. The lowest BCUT2D eigenvalue weighted by Crippen LogP contribution is -2.31. The van der Waals surface area contributed by atoms with E-state index in [9.17, 15) is 4.79 Å². The molecule has 0 heterocycles. The molecule has 68 valence electrons. The number of aliphatic hydroxyl groups excluding tert-OH is 1. The predicted molar refractivity (Wildman–Crippen MR) is 44.5 cm³/mol. The van der Waals surface area contributed by atoms with E-state index in [0.29, 0.717) is 11.5 Å². The van der Waals surface area contributed by atoms with Gasteiger partial charge in [0.1, 0.15) is 6.61 Å². The first kappa shape index (κ1) is 8.05. The van der Waals surface area contributed by atoms with Crippen molar-refractivity contribution in [2.24, 2.45) is 5.41 Å². The van der Waals surface area contributed by atoms with E-state index in [1.807, 2.05) is 0 Å². The van der Waals surface area contributed by atoms with Crippen molar-refractivity contribution in [1.29, 1.82) is 0 Å². The topological polar surface area (TPSA) is 49.3 Å². The molecule has 2 rings (SSSR count). The van der Waals surface area contributed by atoms with Gasteiger partial charge in [0.25, 0.3) is 0 Å². The van der Waals surface area contributed by atoms with E-state index in [2.05, 4.69) is 5.32 Å². The molecule has 3 nitrogen and oxygen atoms in total. The maximum atomic E-state index is 10.8. The van der Waals surface area contributed by atoms with Crippen molar-refractivity contribution in [3.63, 3.8) is 0 Å². The molecule has 1 amide bonds. The summed E-state index contributed by atoms with van der Waals surface area (Å²) in [6.45, 7) is -0.368. The zero-order chi connectivity index (χ0) is 8.60. The summed E-state index contributed by atoms with van der Waals surface area (Å²) in [6.07, 6.45) is 6.29. The second-order valence-electron chi connectivity index (χ2n) is 4.05. The molecule has 0 radical (unpaired) electrons. The lowest BCUT2D eigenvalue weighted by atomic mass is 10.1. The third kappa shape index (κ3) is 1.22. The molecule has 2 saturated carbocycles. The Morgan fingerprint density at radius 2 is 2.17 bits per heavy atom. The Labute approximate surface area is 72.2 Å². The van der Waals surface area contributed by atoms with Gasteiger partial charge < -0.3 is 10.4 Å². The van der Waals surface area contributed by atoms with Gasteiger partial charge in [0.2, 0.25) is 5.91 Å². The van der Waals surface area contributed by atoms with Crippen molar-refractivity contribution in [3.8, 4) is 0 Å². The van der Waals surface area contributed by atoms with E-state index in [0.717, 1.165) is 6.42 Å². The molecule has 0 aromatic heterocycles. The summed E-state index contributed by atoms with van der Waals surface area (Å²) in [7, 11) is 0. The van der Waals surface area contributed by atoms with Crippen LogP contribution in [-0.4, -0.2) is 23.7 Å². The number of amides is 1. The van der Waals surface area contributed by atoms with Crippen LogP contribution in [0.25, 0.3) is 0 Å². The SMILES string of the molecule is O=C(CO)NC1CC12CCCC2. The largest absolute Gasteiger partial charge is 0.387 e. The van der Waals surface area contributed by atoms with Crippen molar-refractivity contribution in [1.82, 2.24) is 5.32 Å². The van der Waals surface area contributed by atoms with Gasteiger partial charge in [0, 0.05) is 6.04 Å². The number of carbonyl (C=O) groups excluding carboxylic acids is 1. The van der Waals surface area contributed by atoms with Crippen LogP contribution in [-0.2, 0) is 4.79 Å². The Morgan fingerprint density at radius 1 is 1.50 bits per heavy atom. The van der Waals surface area contributed by atoms with Gasteiger partial charge in [-0.2, -0.15) is 0 Å². The average Bonchev–Trinajstić information content (AvgIpc) is 2.51. The van der Waals surface area contributed by atoms with Crippen LogP contribution < -0.4 is 5.32 Å². The summed E-state index contributed by atoms with van der Waals surface area (Å²) < 4.78 is 0. The van der Waals surface area contributed by atoms with Gasteiger partial charge >= 0.3 is 0 Å². The molecule has 1 spiro atoms. The highest BCUT2D eigenvalue weighted by Crippen LogP contribution is 2.57. The monoisotopic (exact) mass is 169 g/mol. The van der Waals surface area contributed by atoms with E-state index >= 15 is 0 Å². The van der Waals surface area contributed by atoms with Crippen LogP contribution in [0.2, 0.25) is 0 Å². The molecule has 0 aromatic carbocycles. The number of hydrogen-bond donors (Lipinski definition) is 2. The van der Waals surface area contributed by atoms with Crippen LogP contribution in [0.3, 0.4) is 0 Å². The zero-order valence-electron chi connectivity index (χ0n) is 7.18. The van der Waals surface area contributed by atoms with Crippen molar-refractivity contribution in [2.75, 3.05) is 6.61 Å². The van der Waals surface area contributed by atoms with Crippen molar-refractivity contribution in [3.05, 3.63) is 0 Å². The number of rotatable bonds is 2. The van der Waals surface area contributed by atoms with Gasteiger partial charge in [-0.25, -0.2) is 0 Å². The van der Waals surface area contributed by atoms with E-state index in [-0.39, 0.29) is 12.5 Å². The Balaban J connectivity index is 1.83. The van der Waals surface area contributed by atoms with Crippen molar-refractivity contribution < 1.29 is 9.90 Å². The first-order valence-corrected chi connectivity index (χ1v) is 4.67. The number of hydrogen-bond acceptors (Lipinski definition) is 2. The molecule has 0 bridgehead atoms. The fraction of sp³-hybridized carbons (Fsp3) is 0.889. The number of carbonyl (C=O) groups is 1. The molecule has 3 heteroatoms. The van der Waals surface area contributed by atoms with Crippen LogP contribution in [0.15, 0.2) is 0 Å². The van der Waals surface area contributed by atoms with Crippen LogP contribution in [0.1, 0.15) is 32.1 Å². The summed E-state index contributed by atoms with van der Waals surface area (Å²) in [5, 5.41) is 11.4. The minimum absolute atomic E-state index is 0.219. The highest BCUT2D eigenvalue weighted by Gasteiger charge is 2.55. The summed E-state index contributed by atoms with van der Waals surface area (Å²) in [5.41, 5.74) is 0.449. The third-order valence-corrected chi connectivity index (χ3v) is 3.27. The molecule has 2 aliphatic rings. The van der Waals surface area contributed by atoms with E-state index in [4.69, 9.17) is 5.11 Å². The van der Waals surface area contributed by atoms with Gasteiger partial charge in [-0.05, 0) is 24.7 Å². The quantitative estimate of drug-likeness (QED) is 0.629. The standard InChI is InChI=1S/C9H15NO2/c11-6-8(12)10-7-5-9(7)3-1-2-4-9/h7,11H,1-6H2,(H,10,12). The van der Waals surface area contributed by atoms with Gasteiger partial charge in [-0.3, -0.25) is 4.79 Å². The normalized spacial score (nSPS) is 30.6. The molecule has 1 unspecified atom stereocenters. The second kappa shape index (κ2) is 2.73. The molecular weight excluding hydrogens is 154 g/mol. The molecule has 12 heavy (non-hydrogen) atoms. The molecule has 2 fully saturated rings. The fourth-order valence-corrected chi connectivity index (χ4v) is 2.42. The summed E-state index contributed by atoms with van der Waals surface area (Å²) in [6, 6.07) is 0.375. The second-order valence-corrected chi connectivity index (χ2v) is 4.05. The van der Waals surface area contributed by atoms with Crippen molar-refractivity contribution >= 4 is 5.91 Å². The summed E-state index contributed by atoms with van der Waals surface area (Å²) in [5.74, 6) is -0.219. The molecule has 0 aliphatic heterocycles. The van der Waals surface area contributed by atoms with Crippen molar-refractivity contribution in [2.45, 2.75) is 38.1 Å². The Kier molecular flexibility index (Phi) is 1.83. The summed E-state index contributed by atoms with van der Waals surface area (Å²) in [4.78, 5) is 10.8. The zero-order valence-corrected chi connectivity index (χ0v) is 7.18. The third-order valence-electron chi connectivity index (χ3n) is 3.27. The average molecular weight is 169 g/mol. The minimum Gasteiger partial charge on any atom is -0.387 e. The van der Waals surface area contributed by atoms with Gasteiger partial charge in [0.15, 0.2) is 0 Å². The van der Waals surface area contributed by atoms with E-state index in [1.165, 1.54) is 25.7 Å². The minimum atomic E-state index is -0.368. The highest BCUT2D eigenvalue weighted by molar-refractivity contribution is 5.77. The molecule has 1 atom stereocenters. The fourth-order valence-electron chi connectivity index (χ4n) is 2.42. The number of aliphatic hydroxyl groups is 1. The Morgan fingerprint density at radius 3 is 2.75 bits per heavy atom. The molecule has 0 saturated heterocycles. The smallest absolute Gasteiger partial charge is 0.245 e. The van der Waals surface area contributed by atoms with E-state index in [1.54, 1.807) is 0 Å². The lowest BCUT2D eigenvalue weighted by molar-refractivity contribution is -0.124. The van der Waals surface area contributed by atoms with Crippen LogP contribution in [0.4, 0.5) is 0 Å². The maximum absolute atomic E-state index is 10.8. The van der Waals surface area contributed by atoms with E-state index < -0.39 is 0 Å². The van der Waals surface area contributed by atoms with Crippen LogP contribution in [0.5, 0.6) is 0 Å². The van der Waals surface area contributed by atoms with Gasteiger partial charge in [-0.1, -0.05) is 12.8 Å². The molecule has 2 aliphatic carbocycles. The Hall–Kier alpha value is -0.570.